The van der Waals surface area contributed by atoms with Crippen molar-refractivity contribution in [3.63, 3.8) is 0 Å². The van der Waals surface area contributed by atoms with Crippen LogP contribution in [-0.2, 0) is 7.05 Å². The SMILES string of the molecule is Cn1c(-c2n[nH]c(=O)c3ccccc23)nnc1N1CCCN(C(=O)c2ccccc2)CC1. The first-order chi connectivity index (χ1) is 15.6. The number of aromatic amines is 1. The highest BCUT2D eigenvalue weighted by Crippen LogP contribution is 2.25. The van der Waals surface area contributed by atoms with Crippen LogP contribution < -0.4 is 10.5 Å². The first-order valence-corrected chi connectivity index (χ1v) is 10.6. The van der Waals surface area contributed by atoms with Gasteiger partial charge in [0.15, 0.2) is 5.82 Å². The van der Waals surface area contributed by atoms with Crippen molar-refractivity contribution in [1.82, 2.24) is 29.9 Å². The molecule has 0 radical (unpaired) electrons. The fraction of sp³-hybridized carbons (Fsp3) is 0.261. The minimum absolute atomic E-state index is 0.0509. The molecule has 1 aliphatic heterocycles. The molecule has 0 saturated carbocycles. The Hall–Kier alpha value is -4.01. The van der Waals surface area contributed by atoms with Crippen molar-refractivity contribution in [3.05, 3.63) is 70.5 Å². The van der Waals surface area contributed by atoms with Crippen LogP contribution >= 0.6 is 0 Å². The molecule has 3 heterocycles. The number of amides is 1. The van der Waals surface area contributed by atoms with Crippen molar-refractivity contribution in [1.29, 1.82) is 0 Å². The second-order valence-electron chi connectivity index (χ2n) is 7.83. The molecule has 0 unspecified atom stereocenters. The molecule has 5 rings (SSSR count). The quantitative estimate of drug-likeness (QED) is 0.535. The summed E-state index contributed by atoms with van der Waals surface area (Å²) in [6.45, 7) is 2.73. The lowest BCUT2D eigenvalue weighted by Gasteiger charge is -2.22. The first-order valence-electron chi connectivity index (χ1n) is 10.6. The van der Waals surface area contributed by atoms with E-state index >= 15 is 0 Å². The number of rotatable bonds is 3. The molecule has 9 nitrogen and oxygen atoms in total. The highest BCUT2D eigenvalue weighted by atomic mass is 16.2. The fourth-order valence-electron chi connectivity index (χ4n) is 4.17. The number of aromatic nitrogens is 5. The monoisotopic (exact) mass is 429 g/mol. The largest absolute Gasteiger partial charge is 0.339 e. The molecule has 9 heteroatoms. The molecule has 4 aromatic rings. The molecule has 1 amide bonds. The number of nitrogens with one attached hydrogen (secondary N) is 1. The van der Waals surface area contributed by atoms with E-state index in [9.17, 15) is 9.59 Å². The normalized spacial score (nSPS) is 14.5. The van der Waals surface area contributed by atoms with Crippen LogP contribution in [0.4, 0.5) is 5.95 Å². The summed E-state index contributed by atoms with van der Waals surface area (Å²) >= 11 is 0. The Balaban J connectivity index is 1.40. The van der Waals surface area contributed by atoms with Crippen molar-refractivity contribution in [2.45, 2.75) is 6.42 Å². The number of fused-ring (bicyclic) bond motifs is 1. The summed E-state index contributed by atoms with van der Waals surface area (Å²) in [6.07, 6.45) is 0.834. The molecule has 32 heavy (non-hydrogen) atoms. The standard InChI is InChI=1S/C23H23N7O2/c1-28-20(19-17-10-5-6-11-18(17)21(31)26-24-19)25-27-23(28)30-13-7-12-29(14-15-30)22(32)16-8-3-2-4-9-16/h2-6,8-11H,7,12-15H2,1H3,(H,26,31). The van der Waals surface area contributed by atoms with Gasteiger partial charge >= 0.3 is 0 Å². The Kier molecular flexibility index (Phi) is 5.14. The molecular formula is C23H23N7O2. The number of anilines is 1. The lowest BCUT2D eigenvalue weighted by molar-refractivity contribution is 0.0767. The van der Waals surface area contributed by atoms with Gasteiger partial charge in [0.25, 0.3) is 11.5 Å². The van der Waals surface area contributed by atoms with Gasteiger partial charge in [-0.2, -0.15) is 5.10 Å². The average Bonchev–Trinajstić information content (AvgIpc) is 3.05. The van der Waals surface area contributed by atoms with E-state index in [2.05, 4.69) is 25.3 Å². The Morgan fingerprint density at radius 3 is 2.47 bits per heavy atom. The zero-order valence-corrected chi connectivity index (χ0v) is 17.7. The number of hydrogen-bond donors (Lipinski definition) is 1. The maximum Gasteiger partial charge on any atom is 0.272 e. The van der Waals surface area contributed by atoms with Crippen molar-refractivity contribution < 1.29 is 4.79 Å². The Morgan fingerprint density at radius 1 is 0.906 bits per heavy atom. The second kappa shape index (κ2) is 8.26. The molecule has 162 valence electrons. The Morgan fingerprint density at radius 2 is 1.66 bits per heavy atom. The van der Waals surface area contributed by atoms with Crippen molar-refractivity contribution in [3.8, 4) is 11.5 Å². The van der Waals surface area contributed by atoms with Gasteiger partial charge in [0.2, 0.25) is 5.95 Å². The molecule has 2 aromatic carbocycles. The van der Waals surface area contributed by atoms with Crippen LogP contribution in [0.25, 0.3) is 22.3 Å². The number of carbonyl (C=O) groups is 1. The van der Waals surface area contributed by atoms with E-state index in [0.29, 0.717) is 48.1 Å². The van der Waals surface area contributed by atoms with Gasteiger partial charge in [0.05, 0.1) is 5.39 Å². The maximum atomic E-state index is 12.8. The summed E-state index contributed by atoms with van der Waals surface area (Å²) in [7, 11) is 1.89. The summed E-state index contributed by atoms with van der Waals surface area (Å²) in [5.74, 6) is 1.34. The number of H-pyrrole nitrogens is 1. The molecule has 1 N–H and O–H groups in total. The predicted octanol–water partition coefficient (Wildman–Crippen LogP) is 2.07. The number of nitrogens with zero attached hydrogens (tertiary/aromatic N) is 6. The molecule has 0 aliphatic carbocycles. The summed E-state index contributed by atoms with van der Waals surface area (Å²) < 4.78 is 1.89. The van der Waals surface area contributed by atoms with Crippen molar-refractivity contribution in [2.24, 2.45) is 7.05 Å². The number of hydrogen-bond acceptors (Lipinski definition) is 6. The third-order valence-electron chi connectivity index (χ3n) is 5.85. The zero-order valence-electron chi connectivity index (χ0n) is 17.7. The van der Waals surface area contributed by atoms with Gasteiger partial charge in [-0.05, 0) is 24.6 Å². The molecule has 0 bridgehead atoms. The lowest BCUT2D eigenvalue weighted by atomic mass is 10.1. The van der Waals surface area contributed by atoms with Crippen LogP contribution in [0.15, 0.2) is 59.4 Å². The molecule has 1 aliphatic rings. The maximum absolute atomic E-state index is 12.8. The zero-order chi connectivity index (χ0) is 22.1. The molecule has 1 fully saturated rings. The first kappa shape index (κ1) is 19.9. The van der Waals surface area contributed by atoms with E-state index in [-0.39, 0.29) is 11.5 Å². The molecule has 0 atom stereocenters. The average molecular weight is 429 g/mol. The number of benzene rings is 2. The van der Waals surface area contributed by atoms with E-state index < -0.39 is 0 Å². The summed E-state index contributed by atoms with van der Waals surface area (Å²) in [6, 6.07) is 16.7. The predicted molar refractivity (Wildman–Crippen MR) is 122 cm³/mol. The van der Waals surface area contributed by atoms with Gasteiger partial charge in [0, 0.05) is 44.2 Å². The van der Waals surface area contributed by atoms with Crippen LogP contribution in [0.1, 0.15) is 16.8 Å². The van der Waals surface area contributed by atoms with Gasteiger partial charge in [-0.15, -0.1) is 10.2 Å². The second-order valence-corrected chi connectivity index (χ2v) is 7.83. The van der Waals surface area contributed by atoms with E-state index in [1.807, 2.05) is 65.0 Å². The Bertz CT molecular complexity index is 1330. The van der Waals surface area contributed by atoms with E-state index in [4.69, 9.17) is 0 Å². The van der Waals surface area contributed by atoms with Crippen molar-refractivity contribution in [2.75, 3.05) is 31.1 Å². The topological polar surface area (TPSA) is 100 Å². The lowest BCUT2D eigenvalue weighted by Crippen LogP contribution is -2.35. The van der Waals surface area contributed by atoms with E-state index in [1.165, 1.54) is 0 Å². The summed E-state index contributed by atoms with van der Waals surface area (Å²) in [5.41, 5.74) is 1.05. The van der Waals surface area contributed by atoms with Gasteiger partial charge in [-0.3, -0.25) is 14.2 Å². The van der Waals surface area contributed by atoms with Gasteiger partial charge in [-0.25, -0.2) is 5.10 Å². The van der Waals surface area contributed by atoms with Crippen LogP contribution in [0.2, 0.25) is 0 Å². The summed E-state index contributed by atoms with van der Waals surface area (Å²) in [5, 5.41) is 16.9. The highest BCUT2D eigenvalue weighted by Gasteiger charge is 2.24. The van der Waals surface area contributed by atoms with Gasteiger partial charge in [0.1, 0.15) is 5.69 Å². The number of carbonyl (C=O) groups excluding carboxylic acids is 1. The van der Waals surface area contributed by atoms with Crippen LogP contribution in [0.5, 0.6) is 0 Å². The smallest absolute Gasteiger partial charge is 0.272 e. The van der Waals surface area contributed by atoms with Crippen molar-refractivity contribution >= 4 is 22.6 Å². The fourth-order valence-corrected chi connectivity index (χ4v) is 4.17. The third kappa shape index (κ3) is 3.51. The minimum Gasteiger partial charge on any atom is -0.339 e. The third-order valence-corrected chi connectivity index (χ3v) is 5.85. The van der Waals surface area contributed by atoms with Crippen LogP contribution in [0.3, 0.4) is 0 Å². The van der Waals surface area contributed by atoms with Crippen LogP contribution in [-0.4, -0.2) is 61.9 Å². The molecular weight excluding hydrogens is 406 g/mol. The minimum atomic E-state index is -0.234. The summed E-state index contributed by atoms with van der Waals surface area (Å²) in [4.78, 5) is 29.0. The van der Waals surface area contributed by atoms with Crippen LogP contribution in [0, 0.1) is 0 Å². The van der Waals surface area contributed by atoms with E-state index in [1.54, 1.807) is 6.07 Å². The Labute approximate surface area is 184 Å². The van der Waals surface area contributed by atoms with E-state index in [0.717, 1.165) is 18.4 Å². The molecule has 1 saturated heterocycles. The van der Waals surface area contributed by atoms with Gasteiger partial charge in [-0.1, -0.05) is 36.4 Å². The molecule has 2 aromatic heterocycles. The highest BCUT2D eigenvalue weighted by molar-refractivity contribution is 5.94. The molecule has 0 spiro atoms. The van der Waals surface area contributed by atoms with Gasteiger partial charge < -0.3 is 9.80 Å².